The van der Waals surface area contributed by atoms with Crippen LogP contribution in [0.1, 0.15) is 10.4 Å². The summed E-state index contributed by atoms with van der Waals surface area (Å²) in [5, 5.41) is 11.3. The fourth-order valence-electron chi connectivity index (χ4n) is 1.88. The van der Waals surface area contributed by atoms with Gasteiger partial charge in [-0.25, -0.2) is 0 Å². The lowest BCUT2D eigenvalue weighted by Crippen LogP contribution is -2.11. The highest BCUT2D eigenvalue weighted by Crippen LogP contribution is 2.21. The molecule has 0 saturated heterocycles. The number of hydrogen-bond donors (Lipinski definition) is 2. The van der Waals surface area contributed by atoms with Crippen LogP contribution in [0, 0.1) is 0 Å². The lowest BCUT2D eigenvalue weighted by Gasteiger charge is -2.04. The van der Waals surface area contributed by atoms with Gasteiger partial charge in [-0.05, 0) is 35.0 Å². The Morgan fingerprint density at radius 3 is 2.68 bits per heavy atom. The molecule has 3 rings (SSSR count). The second kappa shape index (κ2) is 4.85. The van der Waals surface area contributed by atoms with Crippen LogP contribution in [0.2, 0.25) is 0 Å². The molecule has 2 aromatic carbocycles. The van der Waals surface area contributed by atoms with Crippen LogP contribution >= 0.6 is 15.9 Å². The Morgan fingerprint density at radius 2 is 1.89 bits per heavy atom. The van der Waals surface area contributed by atoms with Crippen molar-refractivity contribution in [2.75, 3.05) is 5.32 Å². The summed E-state index contributed by atoms with van der Waals surface area (Å²) < 4.78 is 1.02. The molecule has 4 nitrogen and oxygen atoms in total. The van der Waals surface area contributed by atoms with Gasteiger partial charge in [0.2, 0.25) is 0 Å². The van der Waals surface area contributed by atoms with Gasteiger partial charge in [-0.3, -0.25) is 9.89 Å². The molecule has 0 fully saturated rings. The number of H-pyrrole nitrogens is 1. The Bertz CT molecular complexity index is 738. The molecule has 3 aromatic rings. The highest BCUT2D eigenvalue weighted by molar-refractivity contribution is 9.10. The van der Waals surface area contributed by atoms with Crippen LogP contribution < -0.4 is 5.32 Å². The lowest BCUT2D eigenvalue weighted by molar-refractivity contribution is 0.102. The van der Waals surface area contributed by atoms with E-state index in [1.54, 1.807) is 18.3 Å². The van der Waals surface area contributed by atoms with Crippen molar-refractivity contribution in [2.45, 2.75) is 0 Å². The Hall–Kier alpha value is -2.14. The van der Waals surface area contributed by atoms with Gasteiger partial charge in [-0.2, -0.15) is 5.10 Å². The number of halogens is 1. The van der Waals surface area contributed by atoms with E-state index in [9.17, 15) is 4.79 Å². The number of amides is 1. The van der Waals surface area contributed by atoms with Gasteiger partial charge >= 0.3 is 0 Å². The maximum atomic E-state index is 12.1. The molecule has 0 aliphatic carbocycles. The quantitative estimate of drug-likeness (QED) is 0.759. The summed E-state index contributed by atoms with van der Waals surface area (Å²) in [7, 11) is 0. The lowest BCUT2D eigenvalue weighted by atomic mass is 10.1. The molecule has 0 aliphatic heterocycles. The summed E-state index contributed by atoms with van der Waals surface area (Å²) in [6, 6.07) is 13.3. The fourth-order valence-corrected chi connectivity index (χ4v) is 2.26. The van der Waals surface area contributed by atoms with Gasteiger partial charge in [0.25, 0.3) is 5.91 Å². The summed E-state index contributed by atoms with van der Waals surface area (Å²) in [4.78, 5) is 12.1. The van der Waals surface area contributed by atoms with E-state index >= 15 is 0 Å². The van der Waals surface area contributed by atoms with Gasteiger partial charge < -0.3 is 5.32 Å². The third-order valence-electron chi connectivity index (χ3n) is 2.81. The normalized spacial score (nSPS) is 10.6. The number of benzene rings is 2. The second-order valence-electron chi connectivity index (χ2n) is 4.13. The van der Waals surface area contributed by atoms with Crippen LogP contribution in [0.15, 0.2) is 53.1 Å². The van der Waals surface area contributed by atoms with Gasteiger partial charge in [0, 0.05) is 16.1 Å². The summed E-state index contributed by atoms with van der Waals surface area (Å²) in [5.41, 5.74) is 0.615. The molecule has 19 heavy (non-hydrogen) atoms. The number of aromatic amines is 1. The van der Waals surface area contributed by atoms with E-state index in [0.717, 1.165) is 15.2 Å². The molecule has 0 atom stereocenters. The summed E-state index contributed by atoms with van der Waals surface area (Å²) >= 11 is 3.43. The zero-order valence-electron chi connectivity index (χ0n) is 9.85. The summed E-state index contributed by atoms with van der Waals surface area (Å²) in [6.45, 7) is 0. The highest BCUT2D eigenvalue weighted by Gasteiger charge is 2.07. The molecule has 0 bridgehead atoms. The number of aromatic nitrogens is 2. The molecule has 0 radical (unpaired) electrons. The molecule has 94 valence electrons. The number of nitrogens with zero attached hydrogens (tertiary/aromatic N) is 1. The Balaban J connectivity index is 1.92. The summed E-state index contributed by atoms with van der Waals surface area (Å²) in [6.07, 6.45) is 1.59. The van der Waals surface area contributed by atoms with Crippen LogP contribution in [0.25, 0.3) is 10.8 Å². The molecular weight excluding hydrogens is 306 g/mol. The van der Waals surface area contributed by atoms with E-state index in [-0.39, 0.29) is 5.91 Å². The van der Waals surface area contributed by atoms with E-state index in [2.05, 4.69) is 31.4 Å². The zero-order valence-corrected chi connectivity index (χ0v) is 11.4. The number of rotatable bonds is 2. The Morgan fingerprint density at radius 1 is 1.11 bits per heavy atom. The minimum atomic E-state index is -0.158. The van der Waals surface area contributed by atoms with Crippen LogP contribution in [0.5, 0.6) is 0 Å². The SMILES string of the molecule is O=C(Nc1ccn[nH]1)c1ccc2cc(Br)ccc2c1. The standard InChI is InChI=1S/C14H10BrN3O/c15-12-4-3-9-7-11(2-1-10(9)8-12)14(19)17-13-5-6-16-18-13/h1-8H,(H2,16,17,18,19). The van der Waals surface area contributed by atoms with Crippen molar-refractivity contribution >= 4 is 38.4 Å². The largest absolute Gasteiger partial charge is 0.307 e. The van der Waals surface area contributed by atoms with E-state index in [1.807, 2.05) is 30.3 Å². The second-order valence-corrected chi connectivity index (χ2v) is 5.05. The number of carbonyl (C=O) groups excluding carboxylic acids is 1. The average Bonchev–Trinajstić information content (AvgIpc) is 2.91. The number of hydrogen-bond acceptors (Lipinski definition) is 2. The number of carbonyl (C=O) groups is 1. The van der Waals surface area contributed by atoms with Gasteiger partial charge in [-0.1, -0.05) is 28.1 Å². The monoisotopic (exact) mass is 315 g/mol. The number of nitrogens with one attached hydrogen (secondary N) is 2. The first-order valence-corrected chi connectivity index (χ1v) is 6.52. The number of anilines is 1. The van der Waals surface area contributed by atoms with Crippen molar-refractivity contribution in [3.05, 3.63) is 58.7 Å². The number of fused-ring (bicyclic) bond motifs is 1. The van der Waals surface area contributed by atoms with Gasteiger partial charge in [0.15, 0.2) is 0 Å². The molecular formula is C14H10BrN3O. The first kappa shape index (κ1) is 11.9. The van der Waals surface area contributed by atoms with Crippen molar-refractivity contribution in [1.29, 1.82) is 0 Å². The van der Waals surface area contributed by atoms with Gasteiger partial charge in [0.1, 0.15) is 5.82 Å². The Labute approximate surface area is 118 Å². The van der Waals surface area contributed by atoms with E-state index in [4.69, 9.17) is 0 Å². The van der Waals surface area contributed by atoms with Crippen molar-refractivity contribution in [3.8, 4) is 0 Å². The first-order valence-electron chi connectivity index (χ1n) is 5.72. The van der Waals surface area contributed by atoms with Crippen LogP contribution in [-0.4, -0.2) is 16.1 Å². The minimum Gasteiger partial charge on any atom is -0.307 e. The molecule has 0 saturated carbocycles. The van der Waals surface area contributed by atoms with Crippen molar-refractivity contribution in [2.24, 2.45) is 0 Å². The van der Waals surface area contributed by atoms with E-state index in [0.29, 0.717) is 11.4 Å². The molecule has 2 N–H and O–H groups in total. The van der Waals surface area contributed by atoms with E-state index in [1.165, 1.54) is 0 Å². The zero-order chi connectivity index (χ0) is 13.2. The van der Waals surface area contributed by atoms with Crippen molar-refractivity contribution in [1.82, 2.24) is 10.2 Å². The van der Waals surface area contributed by atoms with Crippen molar-refractivity contribution in [3.63, 3.8) is 0 Å². The predicted octanol–water partition coefficient (Wildman–Crippen LogP) is 3.58. The van der Waals surface area contributed by atoms with Crippen LogP contribution in [0.3, 0.4) is 0 Å². The molecule has 1 aromatic heterocycles. The molecule has 0 unspecified atom stereocenters. The van der Waals surface area contributed by atoms with E-state index < -0.39 is 0 Å². The molecule has 0 spiro atoms. The Kier molecular flexibility index (Phi) is 3.05. The molecule has 1 heterocycles. The predicted molar refractivity (Wildman–Crippen MR) is 78.2 cm³/mol. The molecule has 0 aliphatic rings. The topological polar surface area (TPSA) is 57.8 Å². The van der Waals surface area contributed by atoms with Crippen LogP contribution in [-0.2, 0) is 0 Å². The smallest absolute Gasteiger partial charge is 0.256 e. The maximum absolute atomic E-state index is 12.1. The highest BCUT2D eigenvalue weighted by atomic mass is 79.9. The third kappa shape index (κ3) is 2.51. The first-order chi connectivity index (χ1) is 9.22. The fraction of sp³-hybridized carbons (Fsp3) is 0. The van der Waals surface area contributed by atoms with Crippen molar-refractivity contribution < 1.29 is 4.79 Å². The minimum absolute atomic E-state index is 0.158. The molecule has 1 amide bonds. The average molecular weight is 316 g/mol. The van der Waals surface area contributed by atoms with Gasteiger partial charge in [0.05, 0.1) is 6.20 Å². The van der Waals surface area contributed by atoms with Crippen LogP contribution in [0.4, 0.5) is 5.82 Å². The molecule has 5 heteroatoms. The third-order valence-corrected chi connectivity index (χ3v) is 3.31. The maximum Gasteiger partial charge on any atom is 0.256 e. The summed E-state index contributed by atoms with van der Waals surface area (Å²) in [5.74, 6) is 0.426. The van der Waals surface area contributed by atoms with Gasteiger partial charge in [-0.15, -0.1) is 0 Å².